The van der Waals surface area contributed by atoms with Gasteiger partial charge in [-0.15, -0.1) is 0 Å². The maximum absolute atomic E-state index is 11.0. The lowest BCUT2D eigenvalue weighted by Crippen LogP contribution is -2.23. The quantitative estimate of drug-likeness (QED) is 0.621. The Balaban J connectivity index is 3.21. The molecule has 0 aliphatic carbocycles. The van der Waals surface area contributed by atoms with Crippen LogP contribution >= 0.6 is 0 Å². The lowest BCUT2D eigenvalue weighted by atomic mass is 10.1. The number of anilines is 1. The maximum atomic E-state index is 11.0. The summed E-state index contributed by atoms with van der Waals surface area (Å²) in [4.78, 5) is 23.1. The molecule has 0 bridgehead atoms. The van der Waals surface area contributed by atoms with Crippen LogP contribution in [0.1, 0.15) is 30.6 Å². The SMILES string of the molecule is CCCN(CC)c1ccc([N+](=O)[O-])c(C(=O)O)c1. The Bertz CT molecular complexity index is 459. The van der Waals surface area contributed by atoms with Gasteiger partial charge in [-0.05, 0) is 25.5 Å². The molecule has 0 spiro atoms. The molecule has 0 saturated heterocycles. The molecule has 0 heterocycles. The van der Waals surface area contributed by atoms with E-state index < -0.39 is 10.9 Å². The number of carbonyl (C=O) groups is 1. The minimum atomic E-state index is -1.28. The average Bonchev–Trinajstić information content (AvgIpc) is 2.35. The Morgan fingerprint density at radius 2 is 2.11 bits per heavy atom. The van der Waals surface area contributed by atoms with Crippen molar-refractivity contribution in [1.29, 1.82) is 0 Å². The van der Waals surface area contributed by atoms with E-state index in [0.717, 1.165) is 19.5 Å². The summed E-state index contributed by atoms with van der Waals surface area (Å²) in [5.74, 6) is -1.28. The van der Waals surface area contributed by atoms with Crippen LogP contribution in [0.5, 0.6) is 0 Å². The molecule has 0 aliphatic heterocycles. The van der Waals surface area contributed by atoms with E-state index in [2.05, 4.69) is 0 Å². The summed E-state index contributed by atoms with van der Waals surface area (Å²) >= 11 is 0. The summed E-state index contributed by atoms with van der Waals surface area (Å²) in [6.07, 6.45) is 0.924. The van der Waals surface area contributed by atoms with Gasteiger partial charge in [-0.1, -0.05) is 6.92 Å². The van der Waals surface area contributed by atoms with Gasteiger partial charge in [-0.2, -0.15) is 0 Å². The highest BCUT2D eigenvalue weighted by atomic mass is 16.6. The lowest BCUT2D eigenvalue weighted by molar-refractivity contribution is -0.385. The van der Waals surface area contributed by atoms with E-state index in [-0.39, 0.29) is 11.3 Å². The van der Waals surface area contributed by atoms with Gasteiger partial charge in [0, 0.05) is 24.8 Å². The Kier molecular flexibility index (Phi) is 4.65. The Morgan fingerprint density at radius 1 is 1.44 bits per heavy atom. The third-order valence-corrected chi connectivity index (χ3v) is 2.65. The van der Waals surface area contributed by atoms with Crippen LogP contribution in [-0.2, 0) is 0 Å². The summed E-state index contributed by atoms with van der Waals surface area (Å²) in [6.45, 7) is 5.49. The number of carboxylic acids is 1. The van der Waals surface area contributed by atoms with Crippen LogP contribution in [-0.4, -0.2) is 29.1 Å². The molecule has 0 unspecified atom stereocenters. The van der Waals surface area contributed by atoms with Crippen LogP contribution in [0.3, 0.4) is 0 Å². The second-order valence-electron chi connectivity index (χ2n) is 3.84. The first kappa shape index (κ1) is 14.0. The van der Waals surface area contributed by atoms with Crippen LogP contribution in [0.2, 0.25) is 0 Å². The number of nitro groups is 1. The fourth-order valence-electron chi connectivity index (χ4n) is 1.79. The number of aromatic carboxylic acids is 1. The minimum absolute atomic E-state index is 0.271. The predicted octanol–water partition coefficient (Wildman–Crippen LogP) is 2.53. The fourth-order valence-corrected chi connectivity index (χ4v) is 1.79. The van der Waals surface area contributed by atoms with E-state index in [4.69, 9.17) is 5.11 Å². The molecule has 0 radical (unpaired) electrons. The van der Waals surface area contributed by atoms with Gasteiger partial charge in [-0.3, -0.25) is 10.1 Å². The van der Waals surface area contributed by atoms with Crippen molar-refractivity contribution in [2.45, 2.75) is 20.3 Å². The van der Waals surface area contributed by atoms with Crippen molar-refractivity contribution in [3.8, 4) is 0 Å². The Morgan fingerprint density at radius 3 is 2.56 bits per heavy atom. The molecular weight excluding hydrogens is 236 g/mol. The van der Waals surface area contributed by atoms with Crippen LogP contribution in [0.25, 0.3) is 0 Å². The van der Waals surface area contributed by atoms with Crippen molar-refractivity contribution >= 4 is 17.3 Å². The second kappa shape index (κ2) is 6.00. The number of hydrogen-bond acceptors (Lipinski definition) is 4. The summed E-state index contributed by atoms with van der Waals surface area (Å²) in [6, 6.07) is 4.19. The Hall–Kier alpha value is -2.11. The van der Waals surface area contributed by atoms with Crippen LogP contribution in [0.15, 0.2) is 18.2 Å². The van der Waals surface area contributed by atoms with Crippen molar-refractivity contribution in [3.63, 3.8) is 0 Å². The number of nitrogens with zero attached hydrogens (tertiary/aromatic N) is 2. The largest absolute Gasteiger partial charge is 0.477 e. The zero-order valence-corrected chi connectivity index (χ0v) is 10.4. The van der Waals surface area contributed by atoms with Gasteiger partial charge in [0.15, 0.2) is 0 Å². The normalized spacial score (nSPS) is 10.1. The highest BCUT2D eigenvalue weighted by Crippen LogP contribution is 2.25. The molecule has 1 rings (SSSR count). The van der Waals surface area contributed by atoms with Gasteiger partial charge < -0.3 is 10.0 Å². The average molecular weight is 252 g/mol. The zero-order valence-electron chi connectivity index (χ0n) is 10.4. The number of nitro benzene ring substituents is 1. The fraction of sp³-hybridized carbons (Fsp3) is 0.417. The van der Waals surface area contributed by atoms with Gasteiger partial charge in [0.25, 0.3) is 5.69 Å². The molecule has 0 aromatic heterocycles. The van der Waals surface area contributed by atoms with E-state index in [1.807, 2.05) is 18.7 Å². The summed E-state index contributed by atoms with van der Waals surface area (Å²) in [5, 5.41) is 19.7. The van der Waals surface area contributed by atoms with E-state index in [9.17, 15) is 14.9 Å². The molecule has 0 amide bonds. The number of rotatable bonds is 6. The third-order valence-electron chi connectivity index (χ3n) is 2.65. The van der Waals surface area contributed by atoms with E-state index in [1.54, 1.807) is 6.07 Å². The van der Waals surface area contributed by atoms with E-state index in [1.165, 1.54) is 12.1 Å². The van der Waals surface area contributed by atoms with Gasteiger partial charge in [-0.25, -0.2) is 4.79 Å². The van der Waals surface area contributed by atoms with Gasteiger partial charge in [0.05, 0.1) is 4.92 Å². The topological polar surface area (TPSA) is 83.7 Å². The van der Waals surface area contributed by atoms with Crippen molar-refractivity contribution < 1.29 is 14.8 Å². The third kappa shape index (κ3) is 2.97. The smallest absolute Gasteiger partial charge is 0.342 e. The lowest BCUT2D eigenvalue weighted by Gasteiger charge is -2.22. The standard InChI is InChI=1S/C12H16N2O4/c1-3-7-13(4-2)9-5-6-11(14(17)18)10(8-9)12(15)16/h5-6,8H,3-4,7H2,1-2H3,(H,15,16). The van der Waals surface area contributed by atoms with Crippen LogP contribution < -0.4 is 4.90 Å². The molecular formula is C12H16N2O4. The molecule has 98 valence electrons. The molecule has 18 heavy (non-hydrogen) atoms. The summed E-state index contributed by atoms with van der Waals surface area (Å²) in [5.41, 5.74) is 0.0493. The predicted molar refractivity (Wildman–Crippen MR) is 68.2 cm³/mol. The number of benzene rings is 1. The summed E-state index contributed by atoms with van der Waals surface area (Å²) < 4.78 is 0. The minimum Gasteiger partial charge on any atom is -0.477 e. The first-order valence-electron chi connectivity index (χ1n) is 5.77. The molecule has 0 atom stereocenters. The van der Waals surface area contributed by atoms with Crippen molar-refractivity contribution in [1.82, 2.24) is 0 Å². The Labute approximate surface area is 105 Å². The molecule has 1 aromatic carbocycles. The molecule has 1 aromatic rings. The van der Waals surface area contributed by atoms with Crippen LogP contribution in [0, 0.1) is 10.1 Å². The van der Waals surface area contributed by atoms with Crippen molar-refractivity contribution in [2.75, 3.05) is 18.0 Å². The summed E-state index contributed by atoms with van der Waals surface area (Å²) in [7, 11) is 0. The van der Waals surface area contributed by atoms with E-state index >= 15 is 0 Å². The van der Waals surface area contributed by atoms with Gasteiger partial charge in [0.2, 0.25) is 0 Å². The molecule has 6 heteroatoms. The van der Waals surface area contributed by atoms with Crippen molar-refractivity contribution in [2.24, 2.45) is 0 Å². The number of hydrogen-bond donors (Lipinski definition) is 1. The second-order valence-corrected chi connectivity index (χ2v) is 3.84. The monoisotopic (exact) mass is 252 g/mol. The highest BCUT2D eigenvalue weighted by molar-refractivity contribution is 5.93. The molecule has 0 aliphatic rings. The van der Waals surface area contributed by atoms with Gasteiger partial charge >= 0.3 is 5.97 Å². The first-order chi connectivity index (χ1) is 8.51. The van der Waals surface area contributed by atoms with Crippen molar-refractivity contribution in [3.05, 3.63) is 33.9 Å². The molecule has 6 nitrogen and oxygen atoms in total. The highest BCUT2D eigenvalue weighted by Gasteiger charge is 2.21. The van der Waals surface area contributed by atoms with E-state index in [0.29, 0.717) is 5.69 Å². The number of carboxylic acid groups (broad SMARTS) is 1. The van der Waals surface area contributed by atoms with Crippen LogP contribution in [0.4, 0.5) is 11.4 Å². The first-order valence-corrected chi connectivity index (χ1v) is 5.77. The zero-order chi connectivity index (χ0) is 13.7. The van der Waals surface area contributed by atoms with Gasteiger partial charge in [0.1, 0.15) is 5.56 Å². The molecule has 1 N–H and O–H groups in total. The molecule has 0 saturated carbocycles. The molecule has 0 fully saturated rings. The maximum Gasteiger partial charge on any atom is 0.342 e.